The molecule has 0 saturated heterocycles. The number of unbranched alkanes of at least 4 members (excludes halogenated alkanes) is 3. The second-order valence-corrected chi connectivity index (χ2v) is 4.13. The van der Waals surface area contributed by atoms with Crippen molar-refractivity contribution in [2.45, 2.75) is 79.2 Å². The molecule has 2 N–H and O–H groups in total. The van der Waals surface area contributed by atoms with Crippen molar-refractivity contribution in [2.24, 2.45) is 0 Å². The normalized spacial score (nSPS) is 11.0. The van der Waals surface area contributed by atoms with Gasteiger partial charge in [-0.15, -0.1) is 0 Å². The van der Waals surface area contributed by atoms with Gasteiger partial charge in [0.15, 0.2) is 0 Å². The zero-order valence-corrected chi connectivity index (χ0v) is 12.8. The first-order valence-corrected chi connectivity index (χ1v) is 6.93. The SMILES string of the molecule is CC=CC.CCC(C)O.CCCCCCC(=O)O. The van der Waals surface area contributed by atoms with Crippen LogP contribution >= 0.6 is 0 Å². The molecule has 1 atom stereocenters. The zero-order chi connectivity index (χ0) is 14.8. The van der Waals surface area contributed by atoms with Crippen LogP contribution in [0.4, 0.5) is 0 Å². The van der Waals surface area contributed by atoms with E-state index in [1.807, 2.05) is 32.9 Å². The van der Waals surface area contributed by atoms with Gasteiger partial charge in [0.25, 0.3) is 0 Å². The fourth-order valence-corrected chi connectivity index (χ4v) is 0.703. The fraction of sp³-hybridized carbons (Fsp3) is 0.800. The highest BCUT2D eigenvalue weighted by molar-refractivity contribution is 5.66. The Morgan fingerprint density at radius 3 is 1.78 bits per heavy atom. The van der Waals surface area contributed by atoms with E-state index in [1.165, 1.54) is 6.42 Å². The van der Waals surface area contributed by atoms with Crippen molar-refractivity contribution >= 4 is 5.97 Å². The van der Waals surface area contributed by atoms with E-state index in [-0.39, 0.29) is 6.10 Å². The topological polar surface area (TPSA) is 57.5 Å². The minimum absolute atomic E-state index is 0.116. The largest absolute Gasteiger partial charge is 0.481 e. The lowest BCUT2D eigenvalue weighted by Gasteiger charge is -1.92. The summed E-state index contributed by atoms with van der Waals surface area (Å²) in [4.78, 5) is 9.96. The van der Waals surface area contributed by atoms with E-state index in [9.17, 15) is 4.79 Å². The van der Waals surface area contributed by atoms with E-state index >= 15 is 0 Å². The Balaban J connectivity index is -0.000000212. The van der Waals surface area contributed by atoms with Gasteiger partial charge in [0.2, 0.25) is 0 Å². The van der Waals surface area contributed by atoms with Gasteiger partial charge >= 0.3 is 5.97 Å². The smallest absolute Gasteiger partial charge is 0.303 e. The van der Waals surface area contributed by atoms with Crippen molar-refractivity contribution in [3.05, 3.63) is 12.2 Å². The Hall–Kier alpha value is -0.830. The van der Waals surface area contributed by atoms with Gasteiger partial charge in [-0.05, 0) is 33.6 Å². The number of aliphatic hydroxyl groups excluding tert-OH is 1. The van der Waals surface area contributed by atoms with Crippen LogP contribution in [0, 0.1) is 0 Å². The molecular formula is C15H32O3. The number of hydrogen-bond acceptors (Lipinski definition) is 2. The van der Waals surface area contributed by atoms with Gasteiger partial charge in [0, 0.05) is 6.42 Å². The summed E-state index contributed by atoms with van der Waals surface area (Å²) < 4.78 is 0. The van der Waals surface area contributed by atoms with Gasteiger partial charge in [-0.1, -0.05) is 45.3 Å². The summed E-state index contributed by atoms with van der Waals surface area (Å²) in [5, 5.41) is 16.6. The molecule has 0 amide bonds. The average molecular weight is 260 g/mol. The maximum absolute atomic E-state index is 9.96. The van der Waals surface area contributed by atoms with Gasteiger partial charge in [0.1, 0.15) is 0 Å². The molecule has 110 valence electrons. The van der Waals surface area contributed by atoms with Crippen LogP contribution in [0.1, 0.15) is 73.1 Å². The summed E-state index contributed by atoms with van der Waals surface area (Å²) in [6, 6.07) is 0. The average Bonchev–Trinajstić information content (AvgIpc) is 2.35. The Bertz CT molecular complexity index is 171. The minimum Gasteiger partial charge on any atom is -0.481 e. The van der Waals surface area contributed by atoms with Gasteiger partial charge in [0.05, 0.1) is 6.10 Å². The summed E-state index contributed by atoms with van der Waals surface area (Å²) in [5.74, 6) is -0.675. The molecule has 1 unspecified atom stereocenters. The molecule has 0 spiro atoms. The molecule has 0 aromatic rings. The first-order chi connectivity index (χ1) is 8.45. The highest BCUT2D eigenvalue weighted by atomic mass is 16.4. The van der Waals surface area contributed by atoms with E-state index in [0.29, 0.717) is 6.42 Å². The second kappa shape index (κ2) is 21.5. The molecule has 3 nitrogen and oxygen atoms in total. The Labute approximate surface area is 113 Å². The van der Waals surface area contributed by atoms with Crippen LogP contribution in [0.5, 0.6) is 0 Å². The number of aliphatic hydroxyl groups is 1. The van der Waals surface area contributed by atoms with Crippen LogP contribution in [0.2, 0.25) is 0 Å². The molecule has 0 heterocycles. The van der Waals surface area contributed by atoms with Crippen LogP contribution in [0.25, 0.3) is 0 Å². The summed E-state index contributed by atoms with van der Waals surface area (Å²) >= 11 is 0. The molecule has 0 fully saturated rings. The Kier molecular flexibility index (Phi) is 26.6. The molecule has 0 radical (unpaired) electrons. The van der Waals surface area contributed by atoms with E-state index in [0.717, 1.165) is 25.7 Å². The maximum atomic E-state index is 9.96. The molecule has 0 saturated carbocycles. The summed E-state index contributed by atoms with van der Waals surface area (Å²) in [6.45, 7) is 9.84. The second-order valence-electron chi connectivity index (χ2n) is 4.13. The first kappa shape index (κ1) is 22.4. The number of carbonyl (C=O) groups is 1. The van der Waals surface area contributed by atoms with Crippen molar-refractivity contribution in [2.75, 3.05) is 0 Å². The van der Waals surface area contributed by atoms with Crippen LogP contribution in [-0.4, -0.2) is 22.3 Å². The minimum atomic E-state index is -0.675. The molecule has 0 rings (SSSR count). The highest BCUT2D eigenvalue weighted by Crippen LogP contribution is 2.01. The number of allylic oxidation sites excluding steroid dienone is 2. The van der Waals surface area contributed by atoms with Crippen LogP contribution in [-0.2, 0) is 4.79 Å². The molecule has 0 aliphatic heterocycles. The summed E-state index contributed by atoms with van der Waals surface area (Å²) in [6.07, 6.45) is 9.30. The van der Waals surface area contributed by atoms with Crippen LogP contribution < -0.4 is 0 Å². The molecule has 3 heteroatoms. The number of carboxylic acids is 1. The molecule has 0 bridgehead atoms. The molecule has 0 aromatic carbocycles. The molecule has 0 aliphatic rings. The lowest BCUT2D eigenvalue weighted by molar-refractivity contribution is -0.137. The third-order valence-electron chi connectivity index (χ3n) is 2.17. The van der Waals surface area contributed by atoms with E-state index in [4.69, 9.17) is 10.2 Å². The first-order valence-electron chi connectivity index (χ1n) is 6.93. The maximum Gasteiger partial charge on any atom is 0.303 e. The van der Waals surface area contributed by atoms with Gasteiger partial charge < -0.3 is 10.2 Å². The predicted molar refractivity (Wildman–Crippen MR) is 78.9 cm³/mol. The molecule has 18 heavy (non-hydrogen) atoms. The third kappa shape index (κ3) is 45.6. The molecule has 0 aromatic heterocycles. The molecular weight excluding hydrogens is 228 g/mol. The van der Waals surface area contributed by atoms with Crippen molar-refractivity contribution in [3.63, 3.8) is 0 Å². The van der Waals surface area contributed by atoms with Crippen molar-refractivity contribution in [1.82, 2.24) is 0 Å². The van der Waals surface area contributed by atoms with Gasteiger partial charge in [-0.25, -0.2) is 0 Å². The lowest BCUT2D eigenvalue weighted by atomic mass is 10.2. The number of aliphatic carboxylic acids is 1. The molecule has 0 aliphatic carbocycles. The standard InChI is InChI=1S/C7H14O2.C4H10O.C4H8/c1-2-3-4-5-6-7(8)9;1-3-4(2)5;1-3-4-2/h2-6H2,1H3,(H,8,9);4-5H,3H2,1-2H3;3-4H,1-2H3. The lowest BCUT2D eigenvalue weighted by Crippen LogP contribution is -1.93. The third-order valence-corrected chi connectivity index (χ3v) is 2.17. The number of hydrogen-bond donors (Lipinski definition) is 2. The summed E-state index contributed by atoms with van der Waals surface area (Å²) in [7, 11) is 0. The fourth-order valence-electron chi connectivity index (χ4n) is 0.703. The number of rotatable bonds is 6. The van der Waals surface area contributed by atoms with E-state index in [1.54, 1.807) is 6.92 Å². The van der Waals surface area contributed by atoms with Gasteiger partial charge in [-0.3, -0.25) is 4.79 Å². The number of carboxylic acid groups (broad SMARTS) is 1. The highest BCUT2D eigenvalue weighted by Gasteiger charge is 1.93. The van der Waals surface area contributed by atoms with Gasteiger partial charge in [-0.2, -0.15) is 0 Å². The Morgan fingerprint density at radius 1 is 1.11 bits per heavy atom. The van der Waals surface area contributed by atoms with Crippen LogP contribution in [0.15, 0.2) is 12.2 Å². The Morgan fingerprint density at radius 2 is 1.56 bits per heavy atom. The van der Waals surface area contributed by atoms with Crippen LogP contribution in [0.3, 0.4) is 0 Å². The van der Waals surface area contributed by atoms with Crippen molar-refractivity contribution in [3.8, 4) is 0 Å². The van der Waals surface area contributed by atoms with E-state index in [2.05, 4.69) is 6.92 Å². The monoisotopic (exact) mass is 260 g/mol. The van der Waals surface area contributed by atoms with E-state index < -0.39 is 5.97 Å². The zero-order valence-electron chi connectivity index (χ0n) is 12.8. The summed E-state index contributed by atoms with van der Waals surface area (Å²) in [5.41, 5.74) is 0. The van der Waals surface area contributed by atoms with Crippen molar-refractivity contribution in [1.29, 1.82) is 0 Å². The predicted octanol–water partition coefficient (Wildman–Crippen LogP) is 4.40. The van der Waals surface area contributed by atoms with Crippen molar-refractivity contribution < 1.29 is 15.0 Å². The quantitative estimate of drug-likeness (QED) is 0.549.